The first-order valence-corrected chi connectivity index (χ1v) is 10.8. The van der Waals surface area contributed by atoms with Crippen LogP contribution in [0, 0.1) is 24.7 Å². The molecule has 1 aliphatic carbocycles. The molecule has 3 heterocycles. The normalized spacial score (nSPS) is 13.1. The Kier molecular flexibility index (Phi) is 4.98. The van der Waals surface area contributed by atoms with Crippen LogP contribution in [-0.2, 0) is 11.3 Å². The van der Waals surface area contributed by atoms with Crippen LogP contribution in [0.1, 0.15) is 36.7 Å². The molecule has 0 spiro atoms. The molecule has 3 aromatic heterocycles. The maximum Gasteiger partial charge on any atom is 0.228 e. The van der Waals surface area contributed by atoms with Gasteiger partial charge in [0.15, 0.2) is 0 Å². The lowest BCUT2D eigenvalue weighted by Gasteiger charge is -2.09. The van der Waals surface area contributed by atoms with E-state index < -0.39 is 0 Å². The van der Waals surface area contributed by atoms with Gasteiger partial charge in [-0.2, -0.15) is 0 Å². The molecule has 0 aliphatic heterocycles. The second kappa shape index (κ2) is 7.97. The van der Waals surface area contributed by atoms with Gasteiger partial charge in [-0.25, -0.2) is 15.0 Å². The van der Waals surface area contributed by atoms with E-state index in [-0.39, 0.29) is 11.8 Å². The minimum absolute atomic E-state index is 0.0310. The molecule has 1 fully saturated rings. The molecule has 0 bridgehead atoms. The summed E-state index contributed by atoms with van der Waals surface area (Å²) in [5, 5.41) is 7.78. The van der Waals surface area contributed by atoms with Crippen LogP contribution >= 0.6 is 0 Å². The predicted molar refractivity (Wildman–Crippen MR) is 127 cm³/mol. The van der Waals surface area contributed by atoms with E-state index in [1.807, 2.05) is 32.2 Å². The summed E-state index contributed by atoms with van der Waals surface area (Å²) in [6.45, 7) is 4.99. The van der Waals surface area contributed by atoms with Gasteiger partial charge >= 0.3 is 0 Å². The number of rotatable bonds is 4. The monoisotopic (exact) mass is 424 g/mol. The molecule has 0 atom stereocenters. The molecule has 0 unspecified atom stereocenters. The van der Waals surface area contributed by atoms with E-state index in [2.05, 4.69) is 55.0 Å². The van der Waals surface area contributed by atoms with Gasteiger partial charge in [0.05, 0.1) is 16.6 Å². The zero-order chi connectivity index (χ0) is 22.2. The molecule has 2 N–H and O–H groups in total. The second-order valence-electron chi connectivity index (χ2n) is 8.01. The standard InChI is InChI=1S/C25H24N6O/c1-4-31-15(2)29-21-10-6-16(11-22(21)31)5-7-18-13-28-24(26-3)20-14-27-23(12-19(18)20)30-25(32)17-8-9-17/h6,10-14,17H,4,8-9H2,1-3H3,(H,26,28)(H,27,30,32). The third-order valence-electron chi connectivity index (χ3n) is 5.81. The lowest BCUT2D eigenvalue weighted by Crippen LogP contribution is -2.14. The number of benzene rings is 1. The van der Waals surface area contributed by atoms with E-state index in [1.54, 1.807) is 12.4 Å². The quantitative estimate of drug-likeness (QED) is 0.482. The highest BCUT2D eigenvalue weighted by Crippen LogP contribution is 2.31. The van der Waals surface area contributed by atoms with Crippen LogP contribution in [0.25, 0.3) is 21.8 Å². The molecule has 7 nitrogen and oxygen atoms in total. The van der Waals surface area contributed by atoms with Crippen molar-refractivity contribution in [2.75, 3.05) is 17.7 Å². The molecule has 1 aromatic carbocycles. The number of hydrogen-bond acceptors (Lipinski definition) is 5. The van der Waals surface area contributed by atoms with Crippen LogP contribution in [0.3, 0.4) is 0 Å². The van der Waals surface area contributed by atoms with Crippen LogP contribution in [-0.4, -0.2) is 32.5 Å². The van der Waals surface area contributed by atoms with E-state index in [4.69, 9.17) is 0 Å². The zero-order valence-corrected chi connectivity index (χ0v) is 18.4. The van der Waals surface area contributed by atoms with Crippen molar-refractivity contribution < 1.29 is 4.79 Å². The highest BCUT2D eigenvalue weighted by atomic mass is 16.2. The SMILES string of the molecule is CCn1c(C)nc2ccc(C#Cc3cnc(NC)c4cnc(NC(=O)C5CC5)cc34)cc21. The van der Waals surface area contributed by atoms with Gasteiger partial charge < -0.3 is 15.2 Å². The molecule has 1 saturated carbocycles. The van der Waals surface area contributed by atoms with Crippen LogP contribution in [0.2, 0.25) is 0 Å². The van der Waals surface area contributed by atoms with E-state index in [0.717, 1.165) is 64.0 Å². The molecular formula is C25H24N6O. The maximum atomic E-state index is 12.2. The first-order valence-electron chi connectivity index (χ1n) is 10.8. The number of aromatic nitrogens is 4. The topological polar surface area (TPSA) is 84.7 Å². The van der Waals surface area contributed by atoms with Crippen molar-refractivity contribution in [1.29, 1.82) is 0 Å². The van der Waals surface area contributed by atoms with E-state index in [0.29, 0.717) is 5.82 Å². The highest BCUT2D eigenvalue weighted by molar-refractivity contribution is 5.99. The predicted octanol–water partition coefficient (Wildman–Crippen LogP) is 4.10. The number of aryl methyl sites for hydroxylation is 2. The summed E-state index contributed by atoms with van der Waals surface area (Å²) in [6, 6.07) is 7.95. The smallest absolute Gasteiger partial charge is 0.228 e. The number of carbonyl (C=O) groups is 1. The van der Waals surface area contributed by atoms with Gasteiger partial charge in [-0.15, -0.1) is 0 Å². The van der Waals surface area contributed by atoms with Gasteiger partial charge in [-0.05, 0) is 51.0 Å². The fourth-order valence-electron chi connectivity index (χ4n) is 3.94. The summed E-state index contributed by atoms with van der Waals surface area (Å²) < 4.78 is 2.18. The van der Waals surface area contributed by atoms with Crippen LogP contribution in [0.5, 0.6) is 0 Å². The van der Waals surface area contributed by atoms with Gasteiger partial charge in [0.2, 0.25) is 5.91 Å². The molecule has 7 heteroatoms. The summed E-state index contributed by atoms with van der Waals surface area (Å²) in [5.41, 5.74) is 3.75. The minimum atomic E-state index is 0.0310. The Labute approximate surface area is 186 Å². The van der Waals surface area contributed by atoms with Crippen molar-refractivity contribution in [1.82, 2.24) is 19.5 Å². The summed E-state index contributed by atoms with van der Waals surface area (Å²) in [6.07, 6.45) is 5.39. The summed E-state index contributed by atoms with van der Waals surface area (Å²) in [5.74, 6) is 8.95. The third-order valence-corrected chi connectivity index (χ3v) is 5.81. The van der Waals surface area contributed by atoms with Gasteiger partial charge in [0.1, 0.15) is 17.5 Å². The average Bonchev–Trinajstić information content (AvgIpc) is 3.60. The Balaban J connectivity index is 1.56. The Morgan fingerprint density at radius 3 is 2.75 bits per heavy atom. The number of nitrogens with one attached hydrogen (secondary N) is 2. The Hall–Kier alpha value is -3.92. The summed E-state index contributed by atoms with van der Waals surface area (Å²) in [7, 11) is 1.82. The lowest BCUT2D eigenvalue weighted by molar-refractivity contribution is -0.117. The molecule has 1 amide bonds. The van der Waals surface area contributed by atoms with E-state index in [1.165, 1.54) is 0 Å². The Bertz CT molecular complexity index is 1420. The zero-order valence-electron chi connectivity index (χ0n) is 18.4. The van der Waals surface area contributed by atoms with Gasteiger partial charge in [0.25, 0.3) is 0 Å². The lowest BCUT2D eigenvalue weighted by atomic mass is 10.1. The minimum Gasteiger partial charge on any atom is -0.373 e. The van der Waals surface area contributed by atoms with Crippen LogP contribution in [0.15, 0.2) is 36.7 Å². The Morgan fingerprint density at radius 2 is 2.00 bits per heavy atom. The van der Waals surface area contributed by atoms with Crippen LogP contribution < -0.4 is 10.6 Å². The van der Waals surface area contributed by atoms with Crippen molar-refractivity contribution in [2.45, 2.75) is 33.2 Å². The number of pyridine rings is 2. The van der Waals surface area contributed by atoms with Crippen molar-refractivity contribution in [3.63, 3.8) is 0 Å². The number of anilines is 2. The van der Waals surface area contributed by atoms with Gasteiger partial charge in [-0.1, -0.05) is 11.8 Å². The van der Waals surface area contributed by atoms with Crippen molar-refractivity contribution in [2.24, 2.45) is 5.92 Å². The Morgan fingerprint density at radius 1 is 1.16 bits per heavy atom. The van der Waals surface area contributed by atoms with Crippen LogP contribution in [0.4, 0.5) is 11.6 Å². The first kappa shape index (κ1) is 20.0. The maximum absolute atomic E-state index is 12.2. The number of amides is 1. The number of imidazole rings is 1. The number of fused-ring (bicyclic) bond motifs is 2. The van der Waals surface area contributed by atoms with E-state index in [9.17, 15) is 4.79 Å². The largest absolute Gasteiger partial charge is 0.373 e. The van der Waals surface area contributed by atoms with Crippen molar-refractivity contribution >= 4 is 39.3 Å². The fraction of sp³-hybridized carbons (Fsp3) is 0.280. The molecular weight excluding hydrogens is 400 g/mol. The third kappa shape index (κ3) is 3.65. The number of hydrogen-bond donors (Lipinski definition) is 2. The molecule has 1 aliphatic rings. The fourth-order valence-corrected chi connectivity index (χ4v) is 3.94. The van der Waals surface area contributed by atoms with Crippen molar-refractivity contribution in [3.8, 4) is 11.8 Å². The number of nitrogens with zero attached hydrogens (tertiary/aromatic N) is 4. The summed E-state index contributed by atoms with van der Waals surface area (Å²) >= 11 is 0. The second-order valence-corrected chi connectivity index (χ2v) is 8.01. The van der Waals surface area contributed by atoms with Gasteiger partial charge in [0, 0.05) is 48.2 Å². The number of carbonyl (C=O) groups excluding carboxylic acids is 1. The molecule has 0 radical (unpaired) electrons. The molecule has 32 heavy (non-hydrogen) atoms. The molecule has 4 aromatic rings. The summed E-state index contributed by atoms with van der Waals surface area (Å²) in [4.78, 5) is 25.7. The van der Waals surface area contributed by atoms with E-state index >= 15 is 0 Å². The molecule has 5 rings (SSSR count). The first-order chi connectivity index (χ1) is 15.6. The average molecular weight is 425 g/mol. The molecule has 160 valence electrons. The van der Waals surface area contributed by atoms with Gasteiger partial charge in [-0.3, -0.25) is 4.79 Å². The highest BCUT2D eigenvalue weighted by Gasteiger charge is 2.29. The molecule has 0 saturated heterocycles. The van der Waals surface area contributed by atoms with Crippen molar-refractivity contribution in [3.05, 3.63) is 53.6 Å².